The maximum atomic E-state index is 13.2. The lowest BCUT2D eigenvalue weighted by molar-refractivity contribution is -0.331. The van der Waals surface area contributed by atoms with Gasteiger partial charge in [0.15, 0.2) is 0 Å². The third kappa shape index (κ3) is 4.64. The summed E-state index contributed by atoms with van der Waals surface area (Å²) in [6, 6.07) is -3.73. The third-order valence-corrected chi connectivity index (χ3v) is 2.05. The summed E-state index contributed by atoms with van der Waals surface area (Å²) in [6.07, 6.45) is -16.4. The van der Waals surface area contributed by atoms with Gasteiger partial charge in [-0.15, -0.1) is 0 Å². The van der Waals surface area contributed by atoms with Crippen LogP contribution in [0.15, 0.2) is 0 Å². The highest BCUT2D eigenvalue weighted by molar-refractivity contribution is 5.76. The largest absolute Gasteiger partial charge is 0.455 e. The van der Waals surface area contributed by atoms with Crippen molar-refractivity contribution in [2.75, 3.05) is 6.61 Å². The van der Waals surface area contributed by atoms with Gasteiger partial charge in [0.05, 0.1) is 6.42 Å². The molecule has 0 heterocycles. The number of ether oxygens (including phenoxy) is 1. The lowest BCUT2D eigenvalue weighted by atomic mass is 10.1. The average Bonchev–Trinajstić information content (AvgIpc) is 2.22. The molecule has 1 atom stereocenters. The van der Waals surface area contributed by atoms with E-state index in [9.17, 15) is 57.5 Å². The van der Waals surface area contributed by atoms with Crippen LogP contribution in [0.1, 0.15) is 6.42 Å². The predicted molar refractivity (Wildman–Crippen MR) is 42.5 cm³/mol. The molecule has 0 fully saturated rings. The van der Waals surface area contributed by atoms with Crippen molar-refractivity contribution >= 4 is 6.04 Å². The van der Waals surface area contributed by atoms with Crippen molar-refractivity contribution in [3.8, 4) is 0 Å². The summed E-state index contributed by atoms with van der Waals surface area (Å²) < 4.78 is 148. The Labute approximate surface area is 113 Å². The van der Waals surface area contributed by atoms with Crippen molar-refractivity contribution < 1.29 is 62.2 Å². The summed E-state index contributed by atoms with van der Waals surface area (Å²) in [6.45, 7) is -3.18. The van der Waals surface area contributed by atoms with Crippen LogP contribution >= 0.6 is 0 Å². The average molecular weight is 360 g/mol. The normalized spacial score (nSPS) is 17.3. The minimum absolute atomic E-state index is 2.77. The molecule has 0 aliphatic heterocycles. The summed E-state index contributed by atoms with van der Waals surface area (Å²) >= 11 is 0. The van der Waals surface area contributed by atoms with Gasteiger partial charge in [0.1, 0.15) is 6.61 Å². The van der Waals surface area contributed by atoms with Gasteiger partial charge < -0.3 is 4.74 Å². The second-order valence-corrected chi connectivity index (χ2v) is 3.87. The standard InChI is InChI=1S/C8H4F12O2/c9-3(21)4(10,1-5(11,12)7(15,16)17)22-2-6(13,14)8(18,19)20/h1-2H2. The van der Waals surface area contributed by atoms with Gasteiger partial charge in [-0.1, -0.05) is 0 Å². The highest BCUT2D eigenvalue weighted by Crippen LogP contribution is 2.44. The fourth-order valence-electron chi connectivity index (χ4n) is 0.850. The highest BCUT2D eigenvalue weighted by atomic mass is 19.4. The van der Waals surface area contributed by atoms with Crippen molar-refractivity contribution in [1.29, 1.82) is 0 Å². The second-order valence-electron chi connectivity index (χ2n) is 3.87. The van der Waals surface area contributed by atoms with Gasteiger partial charge in [-0.2, -0.15) is 52.7 Å². The molecular weight excluding hydrogens is 356 g/mol. The van der Waals surface area contributed by atoms with E-state index < -0.39 is 49.1 Å². The van der Waals surface area contributed by atoms with Crippen LogP contribution in [0.5, 0.6) is 0 Å². The van der Waals surface area contributed by atoms with E-state index >= 15 is 0 Å². The number of halogens is 12. The predicted octanol–water partition coefficient (Wildman–Crippen LogP) is 3.95. The van der Waals surface area contributed by atoms with E-state index in [0.29, 0.717) is 0 Å². The SMILES string of the molecule is O=C(F)C(F)(CC(F)(F)C(F)(F)F)OCC(F)(F)C(F)(F)F. The van der Waals surface area contributed by atoms with E-state index in [1.807, 2.05) is 0 Å². The molecule has 22 heavy (non-hydrogen) atoms. The van der Waals surface area contributed by atoms with Crippen LogP contribution in [0, 0.1) is 0 Å². The van der Waals surface area contributed by atoms with Crippen LogP contribution in [0.25, 0.3) is 0 Å². The lowest BCUT2D eigenvalue weighted by Crippen LogP contribution is -2.50. The molecule has 0 aliphatic rings. The van der Waals surface area contributed by atoms with Crippen molar-refractivity contribution in [2.45, 2.75) is 36.5 Å². The number of carbonyl (C=O) groups is 1. The Balaban J connectivity index is 5.28. The van der Waals surface area contributed by atoms with Crippen molar-refractivity contribution in [3.05, 3.63) is 0 Å². The van der Waals surface area contributed by atoms with E-state index in [2.05, 4.69) is 4.74 Å². The maximum Gasteiger partial charge on any atom is 0.455 e. The zero-order valence-corrected chi connectivity index (χ0v) is 9.77. The molecule has 0 saturated heterocycles. The van der Waals surface area contributed by atoms with Gasteiger partial charge >= 0.3 is 36.1 Å². The van der Waals surface area contributed by atoms with Gasteiger partial charge in [-0.3, -0.25) is 4.79 Å². The summed E-state index contributed by atoms with van der Waals surface area (Å²) in [5.41, 5.74) is 0. The molecule has 0 amide bonds. The molecule has 0 N–H and O–H groups in total. The summed E-state index contributed by atoms with van der Waals surface area (Å²) in [7, 11) is 0. The Bertz CT molecular complexity index is 410. The van der Waals surface area contributed by atoms with Crippen LogP contribution in [0.3, 0.4) is 0 Å². The van der Waals surface area contributed by atoms with Crippen molar-refractivity contribution in [3.63, 3.8) is 0 Å². The fraction of sp³-hybridized carbons (Fsp3) is 0.875. The first-order valence-corrected chi connectivity index (χ1v) is 4.78. The minimum Gasteiger partial charge on any atom is -0.331 e. The van der Waals surface area contributed by atoms with E-state index in [1.165, 1.54) is 0 Å². The first-order valence-electron chi connectivity index (χ1n) is 4.78. The molecule has 0 aromatic heterocycles. The van der Waals surface area contributed by atoms with Gasteiger partial charge in [0.25, 0.3) is 0 Å². The molecule has 0 radical (unpaired) electrons. The quantitative estimate of drug-likeness (QED) is 0.530. The van der Waals surface area contributed by atoms with Gasteiger partial charge in [0.2, 0.25) is 0 Å². The zero-order chi connectivity index (χ0) is 18.2. The molecule has 0 rings (SSSR count). The minimum atomic E-state index is -6.53. The van der Waals surface area contributed by atoms with Crippen molar-refractivity contribution in [2.24, 2.45) is 0 Å². The van der Waals surface area contributed by atoms with Gasteiger partial charge in [-0.25, -0.2) is 0 Å². The Morgan fingerprint density at radius 1 is 0.727 bits per heavy atom. The molecule has 2 nitrogen and oxygen atoms in total. The molecule has 0 aliphatic carbocycles. The summed E-state index contributed by atoms with van der Waals surface area (Å²) in [5.74, 6) is -17.4. The zero-order valence-electron chi connectivity index (χ0n) is 9.77. The molecule has 0 spiro atoms. The number of alkyl halides is 11. The smallest absolute Gasteiger partial charge is 0.331 e. The number of hydrogen-bond donors (Lipinski definition) is 0. The molecule has 0 bridgehead atoms. The van der Waals surface area contributed by atoms with E-state index in [1.54, 1.807) is 0 Å². The van der Waals surface area contributed by atoms with Crippen LogP contribution in [-0.2, 0) is 9.53 Å². The van der Waals surface area contributed by atoms with Gasteiger partial charge in [0, 0.05) is 0 Å². The topological polar surface area (TPSA) is 26.3 Å². The molecule has 14 heteroatoms. The Kier molecular flexibility index (Phi) is 5.46. The number of hydrogen-bond acceptors (Lipinski definition) is 2. The second kappa shape index (κ2) is 5.77. The molecule has 0 aromatic rings. The van der Waals surface area contributed by atoms with E-state index in [-0.39, 0.29) is 0 Å². The Morgan fingerprint density at radius 2 is 1.09 bits per heavy atom. The fourth-order valence-corrected chi connectivity index (χ4v) is 0.850. The van der Waals surface area contributed by atoms with Crippen LogP contribution in [0.2, 0.25) is 0 Å². The van der Waals surface area contributed by atoms with E-state index in [4.69, 9.17) is 0 Å². The molecule has 0 aromatic carbocycles. The molecular formula is C8H4F12O2. The van der Waals surface area contributed by atoms with Gasteiger partial charge in [-0.05, 0) is 0 Å². The number of carbonyl (C=O) groups excluding carboxylic acids is 1. The van der Waals surface area contributed by atoms with Crippen LogP contribution in [0.4, 0.5) is 52.7 Å². The summed E-state index contributed by atoms with van der Waals surface area (Å²) in [4.78, 5) is 10.0. The molecule has 1 unspecified atom stereocenters. The third-order valence-electron chi connectivity index (χ3n) is 2.05. The first-order chi connectivity index (χ1) is 9.36. The monoisotopic (exact) mass is 360 g/mol. The highest BCUT2D eigenvalue weighted by Gasteiger charge is 2.65. The Hall–Kier alpha value is -1.21. The van der Waals surface area contributed by atoms with Crippen LogP contribution in [-0.4, -0.2) is 42.7 Å². The summed E-state index contributed by atoms with van der Waals surface area (Å²) in [5, 5.41) is 0. The number of rotatable bonds is 6. The first kappa shape index (κ1) is 20.8. The Morgan fingerprint density at radius 3 is 1.36 bits per heavy atom. The lowest BCUT2D eigenvalue weighted by Gasteiger charge is -2.29. The van der Waals surface area contributed by atoms with Crippen LogP contribution < -0.4 is 0 Å². The maximum absolute atomic E-state index is 13.2. The van der Waals surface area contributed by atoms with E-state index in [0.717, 1.165) is 0 Å². The van der Waals surface area contributed by atoms with Crippen molar-refractivity contribution in [1.82, 2.24) is 0 Å². The molecule has 132 valence electrons. The molecule has 0 saturated carbocycles.